The highest BCUT2D eigenvalue weighted by atomic mass is 19.1. The molecule has 1 saturated heterocycles. The van der Waals surface area contributed by atoms with E-state index in [4.69, 9.17) is 0 Å². The first-order valence-corrected chi connectivity index (χ1v) is 5.92. The zero-order chi connectivity index (χ0) is 10.4. The predicted octanol–water partition coefficient (Wildman–Crippen LogP) is 0.601. The summed E-state index contributed by atoms with van der Waals surface area (Å²) >= 11 is 0. The van der Waals surface area contributed by atoms with E-state index in [-0.39, 0.29) is 23.9 Å². The second-order valence-electron chi connectivity index (χ2n) is 5.19. The van der Waals surface area contributed by atoms with Gasteiger partial charge in [0.15, 0.2) is 0 Å². The van der Waals surface area contributed by atoms with E-state index < -0.39 is 6.17 Å². The molecule has 2 N–H and O–H groups in total. The molecular formula is C11H17FN2O. The van der Waals surface area contributed by atoms with Gasteiger partial charge < -0.3 is 5.32 Å². The summed E-state index contributed by atoms with van der Waals surface area (Å²) in [6.07, 6.45) is 3.16. The molecule has 2 aliphatic carbocycles. The van der Waals surface area contributed by atoms with Crippen molar-refractivity contribution in [1.82, 2.24) is 10.6 Å². The Balaban J connectivity index is 1.52. The van der Waals surface area contributed by atoms with Gasteiger partial charge in [-0.15, -0.1) is 0 Å². The van der Waals surface area contributed by atoms with Crippen molar-refractivity contribution in [2.24, 2.45) is 11.8 Å². The van der Waals surface area contributed by atoms with E-state index in [0.29, 0.717) is 12.3 Å². The van der Waals surface area contributed by atoms with Crippen LogP contribution in [0.3, 0.4) is 0 Å². The fourth-order valence-corrected chi connectivity index (χ4v) is 2.80. The van der Waals surface area contributed by atoms with Gasteiger partial charge in [0, 0.05) is 12.6 Å². The Kier molecular flexibility index (Phi) is 2.20. The molecule has 3 aliphatic rings. The number of carbonyl (C=O) groups is 1. The number of hydrogen-bond acceptors (Lipinski definition) is 2. The van der Waals surface area contributed by atoms with Crippen molar-refractivity contribution >= 4 is 5.91 Å². The van der Waals surface area contributed by atoms with Crippen molar-refractivity contribution in [3.05, 3.63) is 0 Å². The van der Waals surface area contributed by atoms with E-state index in [2.05, 4.69) is 10.6 Å². The van der Waals surface area contributed by atoms with Crippen LogP contribution >= 0.6 is 0 Å². The molecule has 4 heteroatoms. The summed E-state index contributed by atoms with van der Waals surface area (Å²) in [5.74, 6) is 1.02. The number of carbonyl (C=O) groups excluding carboxylic acids is 1. The summed E-state index contributed by atoms with van der Waals surface area (Å²) in [4.78, 5) is 11.8. The lowest BCUT2D eigenvalue weighted by Gasteiger charge is -2.24. The predicted molar refractivity (Wildman–Crippen MR) is 54.1 cm³/mol. The van der Waals surface area contributed by atoms with Gasteiger partial charge in [-0.3, -0.25) is 10.1 Å². The quantitative estimate of drug-likeness (QED) is 0.719. The summed E-state index contributed by atoms with van der Waals surface area (Å²) in [6, 6.07) is -0.188. The van der Waals surface area contributed by atoms with Crippen molar-refractivity contribution in [3.8, 4) is 0 Å². The lowest BCUT2D eigenvalue weighted by molar-refractivity contribution is -0.124. The van der Waals surface area contributed by atoms with E-state index in [1.807, 2.05) is 0 Å². The molecule has 1 amide bonds. The molecule has 2 saturated carbocycles. The van der Waals surface area contributed by atoms with Gasteiger partial charge in [0.2, 0.25) is 5.91 Å². The molecule has 2 bridgehead atoms. The van der Waals surface area contributed by atoms with Gasteiger partial charge in [-0.25, -0.2) is 4.39 Å². The Morgan fingerprint density at radius 3 is 2.73 bits per heavy atom. The lowest BCUT2D eigenvalue weighted by Crippen LogP contribution is -2.50. The van der Waals surface area contributed by atoms with Crippen LogP contribution in [0.25, 0.3) is 0 Å². The fourth-order valence-electron chi connectivity index (χ4n) is 2.80. The Bertz CT molecular complexity index is 278. The van der Waals surface area contributed by atoms with Gasteiger partial charge in [-0.1, -0.05) is 0 Å². The largest absolute Gasteiger partial charge is 0.354 e. The molecule has 0 aromatic rings. The first-order valence-electron chi connectivity index (χ1n) is 5.92. The number of alkyl halides is 1. The lowest BCUT2D eigenvalue weighted by atomic mass is 9.99. The van der Waals surface area contributed by atoms with Crippen molar-refractivity contribution < 1.29 is 9.18 Å². The summed E-state index contributed by atoms with van der Waals surface area (Å²) in [5, 5.41) is 6.06. The van der Waals surface area contributed by atoms with E-state index in [1.165, 1.54) is 12.8 Å². The zero-order valence-electron chi connectivity index (χ0n) is 8.71. The Morgan fingerprint density at radius 1 is 1.40 bits per heavy atom. The Morgan fingerprint density at radius 2 is 2.20 bits per heavy atom. The number of nitrogens with one attached hydrogen (secondary N) is 2. The molecule has 0 spiro atoms. The molecule has 84 valence electrons. The van der Waals surface area contributed by atoms with Crippen LogP contribution in [0.4, 0.5) is 4.39 Å². The maximum atomic E-state index is 13.2. The van der Waals surface area contributed by atoms with Crippen molar-refractivity contribution in [2.45, 2.75) is 43.9 Å². The van der Waals surface area contributed by atoms with Crippen LogP contribution in [0, 0.1) is 11.8 Å². The van der Waals surface area contributed by atoms with E-state index in [1.54, 1.807) is 0 Å². The fraction of sp³-hybridized carbons (Fsp3) is 0.909. The monoisotopic (exact) mass is 212 g/mol. The number of piperidine rings is 1. The van der Waals surface area contributed by atoms with Crippen molar-refractivity contribution in [2.75, 3.05) is 6.54 Å². The highest BCUT2D eigenvalue weighted by Gasteiger charge is 2.48. The normalized spacial score (nSPS) is 43.3. The molecular weight excluding hydrogens is 195 g/mol. The number of rotatable bonds is 3. The third-order valence-electron chi connectivity index (χ3n) is 3.93. The van der Waals surface area contributed by atoms with Crippen LogP contribution in [0.15, 0.2) is 0 Å². The SMILES string of the molecule is O=C(NCC1CC1)[C@H]1N[C@H]2CC1C[C@@H]2F. The minimum Gasteiger partial charge on any atom is -0.354 e. The molecule has 1 unspecified atom stereocenters. The Labute approximate surface area is 88.8 Å². The first kappa shape index (κ1) is 9.58. The molecule has 4 atom stereocenters. The maximum Gasteiger partial charge on any atom is 0.237 e. The summed E-state index contributed by atoms with van der Waals surface area (Å²) in [6.45, 7) is 0.813. The van der Waals surface area contributed by atoms with Gasteiger partial charge in [-0.05, 0) is 37.5 Å². The maximum absolute atomic E-state index is 13.2. The topological polar surface area (TPSA) is 41.1 Å². The van der Waals surface area contributed by atoms with Gasteiger partial charge in [0.25, 0.3) is 0 Å². The smallest absolute Gasteiger partial charge is 0.237 e. The summed E-state index contributed by atoms with van der Waals surface area (Å²) in [7, 11) is 0. The number of hydrogen-bond donors (Lipinski definition) is 2. The highest BCUT2D eigenvalue weighted by Crippen LogP contribution is 2.37. The third-order valence-corrected chi connectivity index (χ3v) is 3.93. The molecule has 0 radical (unpaired) electrons. The molecule has 3 rings (SSSR count). The average molecular weight is 212 g/mol. The highest BCUT2D eigenvalue weighted by molar-refractivity contribution is 5.82. The molecule has 15 heavy (non-hydrogen) atoms. The minimum atomic E-state index is -0.734. The van der Waals surface area contributed by atoms with E-state index in [9.17, 15) is 9.18 Å². The molecule has 0 aromatic heterocycles. The number of halogens is 1. The average Bonchev–Trinajstić information content (AvgIpc) is 2.86. The molecule has 3 fully saturated rings. The standard InChI is InChI=1S/C11H17FN2O/c12-8-3-7-4-9(8)14-10(7)11(15)13-5-6-1-2-6/h6-10,14H,1-5H2,(H,13,15)/t7?,8-,9-,10-/m0/s1. The van der Waals surface area contributed by atoms with Gasteiger partial charge in [-0.2, -0.15) is 0 Å². The Hall–Kier alpha value is -0.640. The van der Waals surface area contributed by atoms with Crippen LogP contribution < -0.4 is 10.6 Å². The van der Waals surface area contributed by atoms with E-state index in [0.717, 1.165) is 13.0 Å². The van der Waals surface area contributed by atoms with Crippen LogP contribution in [0.1, 0.15) is 25.7 Å². The first-order chi connectivity index (χ1) is 7.24. The summed E-state index contributed by atoms with van der Waals surface area (Å²) in [5.41, 5.74) is 0. The second-order valence-corrected chi connectivity index (χ2v) is 5.19. The zero-order valence-corrected chi connectivity index (χ0v) is 8.71. The number of fused-ring (bicyclic) bond motifs is 2. The van der Waals surface area contributed by atoms with Crippen LogP contribution in [0.5, 0.6) is 0 Å². The summed E-state index contributed by atoms with van der Waals surface area (Å²) < 4.78 is 13.2. The van der Waals surface area contributed by atoms with Gasteiger partial charge in [0.05, 0.1) is 6.04 Å². The minimum absolute atomic E-state index is 0.0633. The van der Waals surface area contributed by atoms with Crippen LogP contribution in [-0.2, 0) is 4.79 Å². The van der Waals surface area contributed by atoms with Gasteiger partial charge in [0.1, 0.15) is 6.17 Å². The molecule has 1 aliphatic heterocycles. The van der Waals surface area contributed by atoms with Crippen molar-refractivity contribution in [3.63, 3.8) is 0 Å². The number of amides is 1. The molecule has 1 heterocycles. The van der Waals surface area contributed by atoms with Crippen molar-refractivity contribution in [1.29, 1.82) is 0 Å². The van der Waals surface area contributed by atoms with E-state index >= 15 is 0 Å². The third kappa shape index (κ3) is 1.75. The molecule has 0 aromatic carbocycles. The second kappa shape index (κ2) is 3.44. The molecule has 3 nitrogen and oxygen atoms in total. The van der Waals surface area contributed by atoms with Crippen LogP contribution in [-0.4, -0.2) is 30.7 Å². The van der Waals surface area contributed by atoms with Gasteiger partial charge >= 0.3 is 0 Å². The van der Waals surface area contributed by atoms with Crippen LogP contribution in [0.2, 0.25) is 0 Å².